The summed E-state index contributed by atoms with van der Waals surface area (Å²) in [5.41, 5.74) is 18.4. The van der Waals surface area contributed by atoms with Crippen LogP contribution in [0.3, 0.4) is 0 Å². The molecule has 324 valence electrons. The number of aromatic nitrogens is 3. The van der Waals surface area contributed by atoms with Crippen molar-refractivity contribution in [2.24, 2.45) is 0 Å². The van der Waals surface area contributed by atoms with Gasteiger partial charge in [0.05, 0.1) is 22.8 Å². The molecule has 7 nitrogen and oxygen atoms in total. The number of nitrogens with zero attached hydrogens (tertiary/aromatic N) is 4. The molecule has 3 heterocycles. The normalized spacial score (nSPS) is 11.1. The fourth-order valence-electron chi connectivity index (χ4n) is 9.27. The molecule has 0 bridgehead atoms. The molecule has 3 aromatic heterocycles. The number of aryl methyl sites for hydroxylation is 1. The van der Waals surface area contributed by atoms with Crippen molar-refractivity contribution in [1.29, 1.82) is 21.0 Å². The smallest absolute Gasteiger partial charge is 0.101 e. The molecule has 0 aliphatic heterocycles. The molecule has 0 unspecified atom stereocenters. The summed E-state index contributed by atoms with van der Waals surface area (Å²) in [5.74, 6) is 0. The van der Waals surface area contributed by atoms with Crippen LogP contribution in [0.1, 0.15) is 29.2 Å². The molecule has 0 fully saturated rings. The maximum Gasteiger partial charge on any atom is 0.101 e. The van der Waals surface area contributed by atoms with Gasteiger partial charge in [0.1, 0.15) is 18.2 Å². The Hall–Kier alpha value is -9.92. The molecular formula is C62H41N7. The first-order chi connectivity index (χ1) is 33.8. The van der Waals surface area contributed by atoms with E-state index in [2.05, 4.69) is 180 Å². The number of nitriles is 4. The molecule has 0 amide bonds. The molecule has 8 aromatic carbocycles. The Morgan fingerprint density at radius 2 is 0.710 bits per heavy atom. The van der Waals surface area contributed by atoms with Gasteiger partial charge in [0.15, 0.2) is 0 Å². The molecule has 0 spiro atoms. The highest BCUT2D eigenvalue weighted by atomic mass is 14.7. The zero-order chi connectivity index (χ0) is 47.6. The molecular weight excluding hydrogens is 843 g/mol. The summed E-state index contributed by atoms with van der Waals surface area (Å²) in [5, 5.41) is 43.6. The first-order valence-electron chi connectivity index (χ1n) is 22.4. The summed E-state index contributed by atoms with van der Waals surface area (Å²) in [4.78, 5) is 9.75. The van der Waals surface area contributed by atoms with Crippen LogP contribution in [0.15, 0.2) is 195 Å². The van der Waals surface area contributed by atoms with Crippen molar-refractivity contribution in [3.8, 4) is 103 Å². The average Bonchev–Trinajstić information content (AvgIpc) is 4.22. The largest absolute Gasteiger partial charge is 0.360 e. The fourth-order valence-corrected chi connectivity index (χ4v) is 9.27. The zero-order valence-electron chi connectivity index (χ0n) is 37.8. The molecule has 0 aliphatic carbocycles. The monoisotopic (exact) mass is 883 g/mol. The van der Waals surface area contributed by atoms with Gasteiger partial charge in [0, 0.05) is 41.2 Å². The van der Waals surface area contributed by atoms with Gasteiger partial charge in [-0.1, -0.05) is 146 Å². The predicted molar refractivity (Wildman–Crippen MR) is 280 cm³/mol. The minimum Gasteiger partial charge on any atom is -0.360 e. The van der Waals surface area contributed by atoms with Crippen LogP contribution in [-0.4, -0.2) is 15.0 Å². The Morgan fingerprint density at radius 1 is 0.420 bits per heavy atom. The lowest BCUT2D eigenvalue weighted by molar-refractivity contribution is 1.39. The van der Waals surface area contributed by atoms with Crippen LogP contribution in [0, 0.1) is 52.2 Å². The van der Waals surface area contributed by atoms with Crippen molar-refractivity contribution >= 4 is 32.3 Å². The number of nitrogens with one attached hydrogen (secondary N) is 3. The van der Waals surface area contributed by atoms with Gasteiger partial charge in [-0.3, -0.25) is 0 Å². The van der Waals surface area contributed by atoms with Gasteiger partial charge < -0.3 is 15.0 Å². The van der Waals surface area contributed by atoms with Gasteiger partial charge in [0.2, 0.25) is 0 Å². The van der Waals surface area contributed by atoms with E-state index in [1.807, 2.05) is 24.3 Å². The van der Waals surface area contributed by atoms with Crippen LogP contribution < -0.4 is 0 Å². The number of benzene rings is 8. The SMILES string of the molecule is C=C/C(C#N)=C\C.Cc1ccc(-c2cc(-c3ccc(-c4cc(C#N)c[nH]4)cc3)c3ccc4c(-c5ccc(-c6cc(C#N)c[nH]6)cc5)cc(-c5ccc(-c6cc(C#N)c[nH]6)cc5)c5ccc2c3c54)cc1. The van der Waals surface area contributed by atoms with Crippen LogP contribution in [0.2, 0.25) is 0 Å². The van der Waals surface area contributed by atoms with Crippen LogP contribution in [0.4, 0.5) is 0 Å². The molecule has 0 saturated carbocycles. The number of aromatic amines is 3. The maximum atomic E-state index is 9.46. The summed E-state index contributed by atoms with van der Waals surface area (Å²) in [6, 6.07) is 62.7. The Balaban J connectivity index is 0.000000736. The highest BCUT2D eigenvalue weighted by molar-refractivity contribution is 6.32. The molecule has 11 rings (SSSR count). The predicted octanol–water partition coefficient (Wildman–Crippen LogP) is 15.8. The van der Waals surface area contributed by atoms with Crippen molar-refractivity contribution in [3.05, 3.63) is 217 Å². The molecule has 7 heteroatoms. The number of rotatable bonds is 8. The van der Waals surface area contributed by atoms with Crippen molar-refractivity contribution < 1.29 is 0 Å². The quantitative estimate of drug-likeness (QED) is 0.0793. The summed E-state index contributed by atoms with van der Waals surface area (Å²) >= 11 is 0. The van der Waals surface area contributed by atoms with Crippen LogP contribution in [0.25, 0.3) is 111 Å². The number of hydrogen-bond acceptors (Lipinski definition) is 4. The first kappa shape index (κ1) is 43.0. The van der Waals surface area contributed by atoms with E-state index in [-0.39, 0.29) is 0 Å². The van der Waals surface area contributed by atoms with E-state index < -0.39 is 0 Å². The van der Waals surface area contributed by atoms with Gasteiger partial charge in [-0.15, -0.1) is 0 Å². The molecule has 0 radical (unpaired) electrons. The summed E-state index contributed by atoms with van der Waals surface area (Å²) in [6.45, 7) is 7.34. The lowest BCUT2D eigenvalue weighted by Gasteiger charge is -2.22. The zero-order valence-corrected chi connectivity index (χ0v) is 37.8. The highest BCUT2D eigenvalue weighted by Crippen LogP contribution is 2.49. The van der Waals surface area contributed by atoms with E-state index in [0.29, 0.717) is 22.3 Å². The van der Waals surface area contributed by atoms with Crippen LogP contribution in [-0.2, 0) is 0 Å². The number of H-pyrrole nitrogens is 3. The Labute approximate surface area is 399 Å². The molecule has 0 atom stereocenters. The molecule has 0 aliphatic rings. The minimum atomic E-state index is 0.600. The van der Waals surface area contributed by atoms with E-state index in [1.165, 1.54) is 38.7 Å². The van der Waals surface area contributed by atoms with Crippen molar-refractivity contribution in [2.75, 3.05) is 0 Å². The van der Waals surface area contributed by atoms with E-state index in [0.717, 1.165) is 83.5 Å². The number of hydrogen-bond donors (Lipinski definition) is 3. The second-order valence-corrected chi connectivity index (χ2v) is 16.9. The Morgan fingerprint density at radius 3 is 0.942 bits per heavy atom. The molecule has 0 saturated heterocycles. The third kappa shape index (κ3) is 8.00. The van der Waals surface area contributed by atoms with E-state index in [9.17, 15) is 15.8 Å². The Bertz CT molecular complexity index is 3820. The summed E-state index contributed by atoms with van der Waals surface area (Å²) in [7, 11) is 0. The molecule has 11 aromatic rings. The second kappa shape index (κ2) is 18.2. The van der Waals surface area contributed by atoms with Crippen LogP contribution >= 0.6 is 0 Å². The van der Waals surface area contributed by atoms with E-state index in [1.54, 1.807) is 31.6 Å². The standard InChI is InChI=1S/C56H34N6.C6H7N/c1-33-2-4-37(5-3-33)48-25-49(38-6-12-41(13-7-38)52-22-34(27-57)30-60-52)45-20-21-47-51(40-10-16-43(17-11-40)54-24-36(29-59)32-62-54)26-50(46-19-18-44(48)55(45)56(46)47)39-8-14-42(15-9-39)53-23-35(28-58)31-61-53;1-3-6(4-2)5-7/h2-26,30-32,60-62H,1H3;3-4H,1H2,2H3/b;6-4+. The van der Waals surface area contributed by atoms with Gasteiger partial charge in [-0.2, -0.15) is 21.0 Å². The Kier molecular flexibility index (Phi) is 11.3. The minimum absolute atomic E-state index is 0.600. The van der Waals surface area contributed by atoms with E-state index >= 15 is 0 Å². The van der Waals surface area contributed by atoms with Gasteiger partial charge in [-0.05, 0) is 138 Å². The van der Waals surface area contributed by atoms with Crippen molar-refractivity contribution in [3.63, 3.8) is 0 Å². The van der Waals surface area contributed by atoms with Crippen molar-refractivity contribution in [2.45, 2.75) is 13.8 Å². The summed E-state index contributed by atoms with van der Waals surface area (Å²) in [6.07, 6.45) is 8.46. The third-order valence-corrected chi connectivity index (χ3v) is 12.9. The summed E-state index contributed by atoms with van der Waals surface area (Å²) < 4.78 is 0. The van der Waals surface area contributed by atoms with Crippen molar-refractivity contribution in [1.82, 2.24) is 15.0 Å². The maximum absolute atomic E-state index is 9.46. The topological polar surface area (TPSA) is 143 Å². The van der Waals surface area contributed by atoms with Gasteiger partial charge in [0.25, 0.3) is 0 Å². The van der Waals surface area contributed by atoms with Crippen LogP contribution in [0.5, 0.6) is 0 Å². The third-order valence-electron chi connectivity index (χ3n) is 12.9. The van der Waals surface area contributed by atoms with Gasteiger partial charge >= 0.3 is 0 Å². The number of allylic oxidation sites excluding steroid dienone is 3. The van der Waals surface area contributed by atoms with E-state index in [4.69, 9.17) is 5.26 Å². The fraction of sp³-hybridized carbons (Fsp3) is 0.0323. The lowest BCUT2D eigenvalue weighted by Crippen LogP contribution is -1.94. The first-order valence-corrected chi connectivity index (χ1v) is 22.4. The molecule has 69 heavy (non-hydrogen) atoms. The highest BCUT2D eigenvalue weighted by Gasteiger charge is 2.21. The average molecular weight is 884 g/mol. The molecule has 3 N–H and O–H groups in total. The lowest BCUT2D eigenvalue weighted by atomic mass is 9.81. The second-order valence-electron chi connectivity index (χ2n) is 16.9. The van der Waals surface area contributed by atoms with Gasteiger partial charge in [-0.25, -0.2) is 0 Å².